The SMILES string of the molecule is Cl.O=C(c1ccc(-c2ccccc2)cc1)N1CCC(N2CCNCC2)C1. The Morgan fingerprint density at radius 1 is 0.885 bits per heavy atom. The predicted octanol–water partition coefficient (Wildman–Crippen LogP) is 2.90. The molecule has 0 saturated carbocycles. The van der Waals surface area contributed by atoms with Crippen LogP contribution in [0.25, 0.3) is 11.1 Å². The summed E-state index contributed by atoms with van der Waals surface area (Å²) in [7, 11) is 0. The minimum absolute atomic E-state index is 0. The molecule has 1 unspecified atom stereocenters. The van der Waals surface area contributed by atoms with Crippen LogP contribution in [-0.2, 0) is 0 Å². The highest BCUT2D eigenvalue weighted by Gasteiger charge is 2.31. The molecule has 1 N–H and O–H groups in total. The van der Waals surface area contributed by atoms with Gasteiger partial charge in [0.1, 0.15) is 0 Å². The number of halogens is 1. The van der Waals surface area contributed by atoms with Gasteiger partial charge in [-0.15, -0.1) is 12.4 Å². The zero-order valence-corrected chi connectivity index (χ0v) is 15.8. The zero-order chi connectivity index (χ0) is 17.1. The van der Waals surface area contributed by atoms with Crippen LogP contribution in [0.5, 0.6) is 0 Å². The van der Waals surface area contributed by atoms with Crippen LogP contribution in [0.2, 0.25) is 0 Å². The van der Waals surface area contributed by atoms with E-state index in [-0.39, 0.29) is 18.3 Å². The number of nitrogens with one attached hydrogen (secondary N) is 1. The molecule has 2 fully saturated rings. The standard InChI is InChI=1S/C21H25N3O.ClH/c25-21(24-13-10-20(16-24)23-14-11-22-12-15-23)19-8-6-18(7-9-19)17-4-2-1-3-5-17;/h1-9,20,22H,10-16H2;1H. The summed E-state index contributed by atoms with van der Waals surface area (Å²) in [6, 6.07) is 18.8. The van der Waals surface area contributed by atoms with Crippen LogP contribution in [0.4, 0.5) is 0 Å². The first-order valence-electron chi connectivity index (χ1n) is 9.21. The lowest BCUT2D eigenvalue weighted by Crippen LogP contribution is -2.49. The highest BCUT2D eigenvalue weighted by Crippen LogP contribution is 2.22. The molecule has 2 saturated heterocycles. The molecule has 2 aliphatic heterocycles. The van der Waals surface area contributed by atoms with Crippen molar-refractivity contribution in [3.8, 4) is 11.1 Å². The van der Waals surface area contributed by atoms with Gasteiger partial charge in [-0.05, 0) is 29.7 Å². The summed E-state index contributed by atoms with van der Waals surface area (Å²) in [4.78, 5) is 17.4. The maximum Gasteiger partial charge on any atom is 0.253 e. The topological polar surface area (TPSA) is 35.6 Å². The number of hydrogen-bond acceptors (Lipinski definition) is 3. The highest BCUT2D eigenvalue weighted by atomic mass is 35.5. The van der Waals surface area contributed by atoms with Crippen molar-refractivity contribution in [1.82, 2.24) is 15.1 Å². The Labute approximate surface area is 161 Å². The average Bonchev–Trinajstić information content (AvgIpc) is 3.19. The normalized spacial score (nSPS) is 20.6. The van der Waals surface area contributed by atoms with E-state index in [2.05, 4.69) is 22.3 Å². The second-order valence-corrected chi connectivity index (χ2v) is 6.92. The molecule has 1 atom stereocenters. The molecule has 4 rings (SSSR count). The minimum atomic E-state index is 0. The van der Waals surface area contributed by atoms with Gasteiger partial charge in [-0.3, -0.25) is 9.69 Å². The fraction of sp³-hybridized carbons (Fsp3) is 0.381. The van der Waals surface area contributed by atoms with E-state index in [0.717, 1.165) is 56.8 Å². The van der Waals surface area contributed by atoms with E-state index in [9.17, 15) is 4.79 Å². The molecule has 0 aliphatic carbocycles. The Morgan fingerprint density at radius 3 is 2.23 bits per heavy atom. The fourth-order valence-corrected chi connectivity index (χ4v) is 3.89. The molecule has 138 valence electrons. The van der Waals surface area contributed by atoms with E-state index >= 15 is 0 Å². The quantitative estimate of drug-likeness (QED) is 0.901. The number of benzene rings is 2. The zero-order valence-electron chi connectivity index (χ0n) is 14.9. The first-order valence-corrected chi connectivity index (χ1v) is 9.21. The van der Waals surface area contributed by atoms with Gasteiger partial charge in [-0.2, -0.15) is 0 Å². The van der Waals surface area contributed by atoms with Gasteiger partial charge in [-0.1, -0.05) is 42.5 Å². The van der Waals surface area contributed by atoms with Crippen molar-refractivity contribution in [1.29, 1.82) is 0 Å². The van der Waals surface area contributed by atoms with E-state index in [0.29, 0.717) is 6.04 Å². The van der Waals surface area contributed by atoms with Gasteiger partial charge >= 0.3 is 0 Å². The van der Waals surface area contributed by atoms with Crippen molar-refractivity contribution in [2.45, 2.75) is 12.5 Å². The second-order valence-electron chi connectivity index (χ2n) is 6.92. The number of amides is 1. The van der Waals surface area contributed by atoms with Gasteiger partial charge in [0, 0.05) is 50.9 Å². The van der Waals surface area contributed by atoms with Gasteiger partial charge in [0.2, 0.25) is 0 Å². The number of hydrogen-bond donors (Lipinski definition) is 1. The monoisotopic (exact) mass is 371 g/mol. The second kappa shape index (κ2) is 8.67. The van der Waals surface area contributed by atoms with Crippen molar-refractivity contribution >= 4 is 18.3 Å². The number of carbonyl (C=O) groups excluding carboxylic acids is 1. The third-order valence-corrected chi connectivity index (χ3v) is 5.36. The molecule has 2 aromatic carbocycles. The van der Waals surface area contributed by atoms with Gasteiger partial charge < -0.3 is 10.2 Å². The number of piperazine rings is 1. The Bertz CT molecular complexity index is 714. The minimum Gasteiger partial charge on any atom is -0.337 e. The Balaban J connectivity index is 0.00000196. The van der Waals surface area contributed by atoms with Crippen LogP contribution in [0, 0.1) is 0 Å². The molecule has 5 heteroatoms. The van der Waals surface area contributed by atoms with Gasteiger partial charge in [0.05, 0.1) is 0 Å². The van der Waals surface area contributed by atoms with Crippen LogP contribution >= 0.6 is 12.4 Å². The molecule has 2 heterocycles. The van der Waals surface area contributed by atoms with Crippen LogP contribution in [-0.4, -0.2) is 61.0 Å². The maximum atomic E-state index is 12.8. The average molecular weight is 372 g/mol. The van der Waals surface area contributed by atoms with Crippen molar-refractivity contribution < 1.29 is 4.79 Å². The van der Waals surface area contributed by atoms with Crippen LogP contribution in [0.15, 0.2) is 54.6 Å². The van der Waals surface area contributed by atoms with Crippen LogP contribution in [0.1, 0.15) is 16.8 Å². The Morgan fingerprint density at radius 2 is 1.54 bits per heavy atom. The summed E-state index contributed by atoms with van der Waals surface area (Å²) in [5.74, 6) is 0.164. The molecule has 0 aromatic heterocycles. The molecule has 2 aromatic rings. The van der Waals surface area contributed by atoms with E-state index < -0.39 is 0 Å². The van der Waals surface area contributed by atoms with Crippen molar-refractivity contribution in [3.63, 3.8) is 0 Å². The Kier molecular flexibility index (Phi) is 6.30. The molecule has 26 heavy (non-hydrogen) atoms. The molecule has 0 spiro atoms. The first-order chi connectivity index (χ1) is 12.3. The van der Waals surface area contributed by atoms with Gasteiger partial charge in [0.25, 0.3) is 5.91 Å². The lowest BCUT2D eigenvalue weighted by atomic mass is 10.0. The fourth-order valence-electron chi connectivity index (χ4n) is 3.89. The van der Waals surface area contributed by atoms with Gasteiger partial charge in [0.15, 0.2) is 0 Å². The highest BCUT2D eigenvalue weighted by molar-refractivity contribution is 5.95. The summed E-state index contributed by atoms with van der Waals surface area (Å²) in [6.45, 7) is 6.04. The van der Waals surface area contributed by atoms with E-state index in [1.165, 1.54) is 5.56 Å². The summed E-state index contributed by atoms with van der Waals surface area (Å²) >= 11 is 0. The van der Waals surface area contributed by atoms with Crippen molar-refractivity contribution in [2.75, 3.05) is 39.3 Å². The molecule has 0 bridgehead atoms. The number of likely N-dealkylation sites (tertiary alicyclic amines) is 1. The van der Waals surface area contributed by atoms with E-state index in [1.807, 2.05) is 47.4 Å². The lowest BCUT2D eigenvalue weighted by Gasteiger charge is -2.32. The molecular formula is C21H26ClN3O. The predicted molar refractivity (Wildman–Crippen MR) is 108 cm³/mol. The molecule has 4 nitrogen and oxygen atoms in total. The number of nitrogens with zero attached hydrogens (tertiary/aromatic N) is 2. The molecule has 1 amide bonds. The summed E-state index contributed by atoms with van der Waals surface area (Å²) in [6.07, 6.45) is 1.09. The Hall–Kier alpha value is -1.88. The van der Waals surface area contributed by atoms with Crippen LogP contribution in [0.3, 0.4) is 0 Å². The van der Waals surface area contributed by atoms with E-state index in [4.69, 9.17) is 0 Å². The van der Waals surface area contributed by atoms with E-state index in [1.54, 1.807) is 0 Å². The number of carbonyl (C=O) groups is 1. The summed E-state index contributed by atoms with van der Waals surface area (Å²) in [5, 5.41) is 3.39. The third kappa shape index (κ3) is 4.09. The lowest BCUT2D eigenvalue weighted by molar-refractivity contribution is 0.0773. The van der Waals surface area contributed by atoms with Crippen molar-refractivity contribution in [2.24, 2.45) is 0 Å². The summed E-state index contributed by atoms with van der Waals surface area (Å²) < 4.78 is 0. The first kappa shape index (κ1) is 18.9. The maximum absolute atomic E-state index is 12.8. The molecule has 2 aliphatic rings. The third-order valence-electron chi connectivity index (χ3n) is 5.36. The van der Waals surface area contributed by atoms with Crippen molar-refractivity contribution in [3.05, 3.63) is 60.2 Å². The molecular weight excluding hydrogens is 346 g/mol. The van der Waals surface area contributed by atoms with Crippen LogP contribution < -0.4 is 5.32 Å². The summed E-state index contributed by atoms with van der Waals surface area (Å²) in [5.41, 5.74) is 3.12. The van der Waals surface area contributed by atoms with Gasteiger partial charge in [-0.25, -0.2) is 0 Å². The molecule has 0 radical (unpaired) electrons. The number of rotatable bonds is 3. The largest absolute Gasteiger partial charge is 0.337 e. The smallest absolute Gasteiger partial charge is 0.253 e.